The summed E-state index contributed by atoms with van der Waals surface area (Å²) in [5.74, 6) is 0.817. The predicted molar refractivity (Wildman–Crippen MR) is 114 cm³/mol. The molecular weight excluding hydrogens is 398 g/mol. The van der Waals surface area contributed by atoms with Crippen LogP contribution in [0.5, 0.6) is 0 Å². The molecule has 2 heterocycles. The van der Waals surface area contributed by atoms with Crippen molar-refractivity contribution in [2.75, 3.05) is 6.54 Å². The summed E-state index contributed by atoms with van der Waals surface area (Å²) in [6.45, 7) is 2.43. The van der Waals surface area contributed by atoms with Crippen LogP contribution < -0.4 is 0 Å². The molecule has 0 amide bonds. The van der Waals surface area contributed by atoms with Gasteiger partial charge in [0.05, 0.1) is 4.90 Å². The third kappa shape index (κ3) is 3.30. The highest BCUT2D eigenvalue weighted by molar-refractivity contribution is 7.89. The van der Waals surface area contributed by atoms with Gasteiger partial charge >= 0.3 is 0 Å². The zero-order valence-electron chi connectivity index (χ0n) is 16.5. The van der Waals surface area contributed by atoms with Gasteiger partial charge in [-0.25, -0.2) is 8.42 Å². The van der Waals surface area contributed by atoms with Crippen molar-refractivity contribution < 1.29 is 12.9 Å². The van der Waals surface area contributed by atoms with E-state index in [0.29, 0.717) is 24.7 Å². The number of benzene rings is 3. The second kappa shape index (κ2) is 7.34. The average molecular weight is 420 g/mol. The smallest absolute Gasteiger partial charge is 0.245 e. The molecule has 0 saturated carbocycles. The SMILES string of the molecule is Cc1cccc(-c2noc([C@H]3CCCN3S(=O)(=O)c3ccc4ccccc4c3)n2)c1. The molecule has 152 valence electrons. The van der Waals surface area contributed by atoms with Gasteiger partial charge in [0.25, 0.3) is 0 Å². The van der Waals surface area contributed by atoms with Crippen LogP contribution in [0.2, 0.25) is 0 Å². The van der Waals surface area contributed by atoms with E-state index in [0.717, 1.165) is 28.3 Å². The molecule has 1 aromatic heterocycles. The molecular formula is C23H21N3O3S. The van der Waals surface area contributed by atoms with E-state index in [4.69, 9.17) is 4.52 Å². The van der Waals surface area contributed by atoms with E-state index >= 15 is 0 Å². The highest BCUT2D eigenvalue weighted by atomic mass is 32.2. The Kier molecular flexibility index (Phi) is 4.64. The lowest BCUT2D eigenvalue weighted by Gasteiger charge is -2.21. The Labute approximate surface area is 175 Å². The quantitative estimate of drug-likeness (QED) is 0.478. The van der Waals surface area contributed by atoms with Crippen molar-refractivity contribution in [3.8, 4) is 11.4 Å². The summed E-state index contributed by atoms with van der Waals surface area (Å²) >= 11 is 0. The Bertz CT molecular complexity index is 1330. The van der Waals surface area contributed by atoms with E-state index in [1.165, 1.54) is 4.31 Å². The predicted octanol–water partition coefficient (Wildman–Crippen LogP) is 4.72. The molecule has 4 aromatic rings. The van der Waals surface area contributed by atoms with Gasteiger partial charge < -0.3 is 4.52 Å². The van der Waals surface area contributed by atoms with Crippen molar-refractivity contribution in [1.82, 2.24) is 14.4 Å². The van der Waals surface area contributed by atoms with E-state index < -0.39 is 16.1 Å². The molecule has 30 heavy (non-hydrogen) atoms. The second-order valence-corrected chi connectivity index (χ2v) is 9.50. The van der Waals surface area contributed by atoms with Gasteiger partial charge in [0.2, 0.25) is 21.7 Å². The third-order valence-corrected chi connectivity index (χ3v) is 7.44. The van der Waals surface area contributed by atoms with Crippen LogP contribution in [0.25, 0.3) is 22.2 Å². The molecule has 3 aromatic carbocycles. The number of aryl methyl sites for hydroxylation is 1. The molecule has 1 fully saturated rings. The van der Waals surface area contributed by atoms with Gasteiger partial charge in [-0.2, -0.15) is 9.29 Å². The fourth-order valence-electron chi connectivity index (χ4n) is 4.01. The number of sulfonamides is 1. The Morgan fingerprint density at radius 1 is 1.00 bits per heavy atom. The maximum Gasteiger partial charge on any atom is 0.245 e. The summed E-state index contributed by atoms with van der Waals surface area (Å²) in [6, 6.07) is 20.3. The van der Waals surface area contributed by atoms with Gasteiger partial charge in [0.1, 0.15) is 6.04 Å². The minimum Gasteiger partial charge on any atom is -0.337 e. The molecule has 1 aliphatic rings. The zero-order valence-corrected chi connectivity index (χ0v) is 17.3. The van der Waals surface area contributed by atoms with Crippen LogP contribution in [-0.2, 0) is 10.0 Å². The van der Waals surface area contributed by atoms with Gasteiger partial charge in [-0.3, -0.25) is 0 Å². The maximum atomic E-state index is 13.4. The molecule has 0 spiro atoms. The maximum absolute atomic E-state index is 13.4. The van der Waals surface area contributed by atoms with Gasteiger partial charge in [-0.05, 0) is 48.7 Å². The summed E-state index contributed by atoms with van der Waals surface area (Å²) in [7, 11) is -3.68. The van der Waals surface area contributed by atoms with Gasteiger partial charge in [-0.1, -0.05) is 59.3 Å². The summed E-state index contributed by atoms with van der Waals surface area (Å²) in [5.41, 5.74) is 1.95. The molecule has 0 radical (unpaired) electrons. The molecule has 5 rings (SSSR count). The first-order chi connectivity index (χ1) is 14.5. The van der Waals surface area contributed by atoms with Crippen molar-refractivity contribution in [1.29, 1.82) is 0 Å². The van der Waals surface area contributed by atoms with Crippen LogP contribution in [-0.4, -0.2) is 29.4 Å². The Balaban J connectivity index is 1.48. The van der Waals surface area contributed by atoms with Gasteiger partial charge in [0, 0.05) is 12.1 Å². The Morgan fingerprint density at radius 3 is 2.67 bits per heavy atom. The third-order valence-electron chi connectivity index (χ3n) is 5.53. The Morgan fingerprint density at radius 2 is 1.83 bits per heavy atom. The minimum absolute atomic E-state index is 0.284. The second-order valence-electron chi connectivity index (χ2n) is 7.61. The molecule has 0 bridgehead atoms. The fourth-order valence-corrected chi connectivity index (χ4v) is 5.70. The van der Waals surface area contributed by atoms with Crippen molar-refractivity contribution in [2.45, 2.75) is 30.7 Å². The normalized spacial score (nSPS) is 17.6. The van der Waals surface area contributed by atoms with Crippen LogP contribution in [0.1, 0.15) is 30.3 Å². The number of hydrogen-bond donors (Lipinski definition) is 0. The largest absolute Gasteiger partial charge is 0.337 e. The van der Waals surface area contributed by atoms with E-state index in [-0.39, 0.29) is 4.90 Å². The fraction of sp³-hybridized carbons (Fsp3) is 0.217. The molecule has 1 aliphatic heterocycles. The first-order valence-corrected chi connectivity index (χ1v) is 11.4. The molecule has 1 atom stereocenters. The van der Waals surface area contributed by atoms with E-state index in [1.807, 2.05) is 61.5 Å². The first kappa shape index (κ1) is 19.0. The van der Waals surface area contributed by atoms with E-state index in [1.54, 1.807) is 12.1 Å². The summed E-state index contributed by atoms with van der Waals surface area (Å²) < 4.78 is 33.8. The molecule has 1 saturated heterocycles. The number of aromatic nitrogens is 2. The highest BCUT2D eigenvalue weighted by Crippen LogP contribution is 2.37. The van der Waals surface area contributed by atoms with Crippen LogP contribution in [0.3, 0.4) is 0 Å². The molecule has 6 nitrogen and oxygen atoms in total. The molecule has 0 aliphatic carbocycles. The lowest BCUT2D eigenvalue weighted by molar-refractivity contribution is 0.290. The Hall–Kier alpha value is -3.03. The van der Waals surface area contributed by atoms with Crippen LogP contribution in [0.4, 0.5) is 0 Å². The lowest BCUT2D eigenvalue weighted by atomic mass is 10.1. The molecule has 0 N–H and O–H groups in total. The molecule has 7 heteroatoms. The zero-order chi connectivity index (χ0) is 20.7. The lowest BCUT2D eigenvalue weighted by Crippen LogP contribution is -2.30. The highest BCUT2D eigenvalue weighted by Gasteiger charge is 2.39. The van der Waals surface area contributed by atoms with Crippen molar-refractivity contribution in [3.05, 3.63) is 78.2 Å². The summed E-state index contributed by atoms with van der Waals surface area (Å²) in [5, 5.41) is 6.00. The summed E-state index contributed by atoms with van der Waals surface area (Å²) in [4.78, 5) is 4.81. The first-order valence-electron chi connectivity index (χ1n) is 9.94. The van der Waals surface area contributed by atoms with Gasteiger partial charge in [0.15, 0.2) is 0 Å². The van der Waals surface area contributed by atoms with Crippen LogP contribution in [0.15, 0.2) is 76.1 Å². The van der Waals surface area contributed by atoms with Crippen molar-refractivity contribution in [3.63, 3.8) is 0 Å². The standard InChI is InChI=1S/C23H21N3O3S/c1-16-6-4-9-19(14-16)22-24-23(29-25-22)21-10-5-13-26(21)30(27,28)20-12-11-17-7-2-3-8-18(17)15-20/h2-4,6-9,11-12,14-15,21H,5,10,13H2,1H3/t21-/m1/s1. The topological polar surface area (TPSA) is 76.3 Å². The van der Waals surface area contributed by atoms with E-state index in [2.05, 4.69) is 10.1 Å². The van der Waals surface area contributed by atoms with Gasteiger partial charge in [-0.15, -0.1) is 0 Å². The monoisotopic (exact) mass is 419 g/mol. The average Bonchev–Trinajstić information content (AvgIpc) is 3.43. The van der Waals surface area contributed by atoms with Crippen molar-refractivity contribution in [2.24, 2.45) is 0 Å². The van der Waals surface area contributed by atoms with E-state index in [9.17, 15) is 8.42 Å². The van der Waals surface area contributed by atoms with Crippen molar-refractivity contribution >= 4 is 20.8 Å². The minimum atomic E-state index is -3.68. The number of rotatable bonds is 4. The van der Waals surface area contributed by atoms with Crippen LogP contribution >= 0.6 is 0 Å². The molecule has 0 unspecified atom stereocenters. The number of nitrogens with zero attached hydrogens (tertiary/aromatic N) is 3. The van der Waals surface area contributed by atoms with Crippen LogP contribution in [0, 0.1) is 6.92 Å². The number of hydrogen-bond acceptors (Lipinski definition) is 5. The summed E-state index contributed by atoms with van der Waals surface area (Å²) in [6.07, 6.45) is 1.40. The number of fused-ring (bicyclic) bond motifs is 1.